The lowest BCUT2D eigenvalue weighted by molar-refractivity contribution is -0.384. The first-order chi connectivity index (χ1) is 9.56. The zero-order chi connectivity index (χ0) is 14.5. The van der Waals surface area contributed by atoms with Crippen LogP contribution >= 0.6 is 0 Å². The maximum atomic E-state index is 11.9. The second-order valence-corrected chi connectivity index (χ2v) is 4.08. The van der Waals surface area contributed by atoms with Gasteiger partial charge in [0.15, 0.2) is 0 Å². The Hall–Kier alpha value is -2.96. The Balaban J connectivity index is 2.03. The molecule has 0 fully saturated rings. The van der Waals surface area contributed by atoms with Crippen molar-refractivity contribution in [3.63, 3.8) is 0 Å². The Bertz CT molecular complexity index is 658. The van der Waals surface area contributed by atoms with E-state index in [2.05, 4.69) is 10.3 Å². The summed E-state index contributed by atoms with van der Waals surface area (Å²) in [5.41, 5.74) is 6.52. The quantitative estimate of drug-likeness (QED) is 0.647. The van der Waals surface area contributed by atoms with Gasteiger partial charge in [0.05, 0.1) is 4.92 Å². The number of nitro groups is 1. The van der Waals surface area contributed by atoms with Crippen LogP contribution in [0.25, 0.3) is 0 Å². The first-order valence-corrected chi connectivity index (χ1v) is 5.79. The number of hydrogen-bond acceptors (Lipinski definition) is 5. The molecule has 0 spiro atoms. The Labute approximate surface area is 114 Å². The molecule has 0 saturated heterocycles. The van der Waals surface area contributed by atoms with Crippen molar-refractivity contribution in [1.29, 1.82) is 0 Å². The van der Waals surface area contributed by atoms with Crippen molar-refractivity contribution in [2.45, 2.75) is 6.54 Å². The molecule has 3 N–H and O–H groups in total. The normalized spacial score (nSPS) is 10.0. The summed E-state index contributed by atoms with van der Waals surface area (Å²) in [6.07, 6.45) is 1.44. The molecule has 102 valence electrons. The number of nitrogens with two attached hydrogens (primary N) is 1. The second kappa shape index (κ2) is 5.79. The summed E-state index contributed by atoms with van der Waals surface area (Å²) >= 11 is 0. The van der Waals surface area contributed by atoms with Crippen LogP contribution in [0.3, 0.4) is 0 Å². The minimum atomic E-state index is -0.477. The summed E-state index contributed by atoms with van der Waals surface area (Å²) in [5.74, 6) is -0.0568. The average molecular weight is 272 g/mol. The van der Waals surface area contributed by atoms with Crippen molar-refractivity contribution >= 4 is 17.4 Å². The number of anilines is 1. The lowest BCUT2D eigenvalue weighted by Crippen LogP contribution is -2.23. The molecule has 20 heavy (non-hydrogen) atoms. The summed E-state index contributed by atoms with van der Waals surface area (Å²) in [7, 11) is 0. The van der Waals surface area contributed by atoms with Gasteiger partial charge in [0.25, 0.3) is 11.6 Å². The lowest BCUT2D eigenvalue weighted by Gasteiger charge is -2.05. The topological polar surface area (TPSA) is 111 Å². The van der Waals surface area contributed by atoms with E-state index in [-0.39, 0.29) is 24.0 Å². The number of hydrogen-bond donors (Lipinski definition) is 2. The highest BCUT2D eigenvalue weighted by Gasteiger charge is 2.08. The van der Waals surface area contributed by atoms with Crippen LogP contribution in [0.2, 0.25) is 0 Å². The fourth-order valence-electron chi connectivity index (χ4n) is 1.65. The number of rotatable bonds is 4. The molecule has 1 heterocycles. The van der Waals surface area contributed by atoms with Crippen LogP contribution in [0, 0.1) is 10.1 Å². The van der Waals surface area contributed by atoms with Gasteiger partial charge in [-0.3, -0.25) is 14.9 Å². The lowest BCUT2D eigenvalue weighted by atomic mass is 10.2. The number of carbonyl (C=O) groups excluding carboxylic acids is 1. The maximum absolute atomic E-state index is 11.9. The van der Waals surface area contributed by atoms with Gasteiger partial charge in [-0.25, -0.2) is 4.98 Å². The fraction of sp³-hybridized carbons (Fsp3) is 0.0769. The molecule has 1 aromatic carbocycles. The summed E-state index contributed by atoms with van der Waals surface area (Å²) in [5, 5.41) is 13.3. The summed E-state index contributed by atoms with van der Waals surface area (Å²) in [6, 6.07) is 9.09. The van der Waals surface area contributed by atoms with E-state index in [0.29, 0.717) is 11.1 Å². The van der Waals surface area contributed by atoms with Gasteiger partial charge < -0.3 is 11.1 Å². The van der Waals surface area contributed by atoms with Gasteiger partial charge in [-0.2, -0.15) is 0 Å². The SMILES string of the molecule is Nc1cc(C(=O)NCc2cccc([N+](=O)[O-])c2)ccn1. The van der Waals surface area contributed by atoms with Gasteiger partial charge in [0.1, 0.15) is 5.82 Å². The minimum Gasteiger partial charge on any atom is -0.384 e. The molecule has 0 atom stereocenters. The molecule has 0 bridgehead atoms. The molecular formula is C13H12N4O3. The molecule has 1 amide bonds. The predicted octanol–water partition coefficient (Wildman–Crippen LogP) is 1.50. The minimum absolute atomic E-state index is 0.00935. The number of nitrogen functional groups attached to an aromatic ring is 1. The summed E-state index contributed by atoms with van der Waals surface area (Å²) in [6.45, 7) is 0.197. The van der Waals surface area contributed by atoms with Gasteiger partial charge in [-0.1, -0.05) is 12.1 Å². The Kier molecular flexibility index (Phi) is 3.90. The van der Waals surface area contributed by atoms with Crippen molar-refractivity contribution in [3.05, 3.63) is 63.8 Å². The van der Waals surface area contributed by atoms with Gasteiger partial charge in [0.2, 0.25) is 0 Å². The van der Waals surface area contributed by atoms with Gasteiger partial charge in [-0.05, 0) is 17.7 Å². The Morgan fingerprint density at radius 2 is 2.15 bits per heavy atom. The average Bonchev–Trinajstić information content (AvgIpc) is 2.45. The van der Waals surface area contributed by atoms with Crippen molar-refractivity contribution in [2.75, 3.05) is 5.73 Å². The summed E-state index contributed by atoms with van der Waals surface area (Å²) in [4.78, 5) is 25.8. The van der Waals surface area contributed by atoms with E-state index in [0.717, 1.165) is 0 Å². The van der Waals surface area contributed by atoms with E-state index in [9.17, 15) is 14.9 Å². The zero-order valence-electron chi connectivity index (χ0n) is 10.4. The number of non-ortho nitro benzene ring substituents is 1. The molecule has 0 aliphatic carbocycles. The number of carbonyl (C=O) groups is 1. The smallest absolute Gasteiger partial charge is 0.269 e. The van der Waals surface area contributed by atoms with Crippen LogP contribution in [0.1, 0.15) is 15.9 Å². The molecule has 2 aromatic rings. The number of aromatic nitrogens is 1. The van der Waals surface area contributed by atoms with Crippen LogP contribution in [0.4, 0.5) is 11.5 Å². The zero-order valence-corrected chi connectivity index (χ0v) is 10.4. The van der Waals surface area contributed by atoms with E-state index in [1.165, 1.54) is 24.4 Å². The highest BCUT2D eigenvalue weighted by molar-refractivity contribution is 5.94. The third-order valence-corrected chi connectivity index (χ3v) is 2.62. The van der Waals surface area contributed by atoms with E-state index in [1.807, 2.05) is 0 Å². The number of nitrogens with zero attached hydrogens (tertiary/aromatic N) is 2. The fourth-order valence-corrected chi connectivity index (χ4v) is 1.65. The van der Waals surface area contributed by atoms with Crippen molar-refractivity contribution in [3.8, 4) is 0 Å². The third-order valence-electron chi connectivity index (χ3n) is 2.62. The van der Waals surface area contributed by atoms with E-state index in [1.54, 1.807) is 18.2 Å². The molecule has 0 saturated carbocycles. The van der Waals surface area contributed by atoms with Gasteiger partial charge in [0, 0.05) is 30.4 Å². The molecule has 1 aromatic heterocycles. The Morgan fingerprint density at radius 1 is 1.35 bits per heavy atom. The van der Waals surface area contributed by atoms with E-state index >= 15 is 0 Å². The van der Waals surface area contributed by atoms with Crippen LogP contribution < -0.4 is 11.1 Å². The highest BCUT2D eigenvalue weighted by atomic mass is 16.6. The molecule has 0 radical (unpaired) electrons. The highest BCUT2D eigenvalue weighted by Crippen LogP contribution is 2.13. The molecule has 2 rings (SSSR count). The predicted molar refractivity (Wildman–Crippen MR) is 72.9 cm³/mol. The molecule has 0 aliphatic heterocycles. The van der Waals surface area contributed by atoms with Crippen LogP contribution in [-0.2, 0) is 6.54 Å². The first-order valence-electron chi connectivity index (χ1n) is 5.79. The number of nitro benzene ring substituents is 1. The second-order valence-electron chi connectivity index (χ2n) is 4.08. The van der Waals surface area contributed by atoms with Crippen molar-refractivity contribution in [1.82, 2.24) is 10.3 Å². The van der Waals surface area contributed by atoms with Crippen molar-refractivity contribution in [2.24, 2.45) is 0 Å². The largest absolute Gasteiger partial charge is 0.384 e. The molecule has 7 heteroatoms. The van der Waals surface area contributed by atoms with Crippen LogP contribution in [0.5, 0.6) is 0 Å². The molecule has 0 aliphatic rings. The molecule has 7 nitrogen and oxygen atoms in total. The van der Waals surface area contributed by atoms with Crippen LogP contribution in [0.15, 0.2) is 42.6 Å². The first kappa shape index (κ1) is 13.5. The number of amides is 1. The standard InChI is InChI=1S/C13H12N4O3/c14-12-7-10(4-5-15-12)13(18)16-8-9-2-1-3-11(6-9)17(19)20/h1-7H,8H2,(H2,14,15)(H,16,18). The van der Waals surface area contributed by atoms with E-state index in [4.69, 9.17) is 5.73 Å². The van der Waals surface area contributed by atoms with Gasteiger partial charge >= 0.3 is 0 Å². The molecule has 0 unspecified atom stereocenters. The van der Waals surface area contributed by atoms with E-state index < -0.39 is 4.92 Å². The summed E-state index contributed by atoms with van der Waals surface area (Å²) < 4.78 is 0. The molecular weight excluding hydrogens is 260 g/mol. The number of pyridine rings is 1. The van der Waals surface area contributed by atoms with Gasteiger partial charge in [-0.15, -0.1) is 0 Å². The Morgan fingerprint density at radius 3 is 2.85 bits per heavy atom. The maximum Gasteiger partial charge on any atom is 0.269 e. The monoisotopic (exact) mass is 272 g/mol. The number of nitrogens with one attached hydrogen (secondary N) is 1. The number of benzene rings is 1. The third kappa shape index (κ3) is 3.29. The van der Waals surface area contributed by atoms with Crippen LogP contribution in [-0.4, -0.2) is 15.8 Å². The van der Waals surface area contributed by atoms with Crippen molar-refractivity contribution < 1.29 is 9.72 Å².